The second-order valence-corrected chi connectivity index (χ2v) is 14.7. The predicted octanol–water partition coefficient (Wildman–Crippen LogP) is 9.79. The Hall–Kier alpha value is -6.23. The van der Waals surface area contributed by atoms with Crippen molar-refractivity contribution in [2.75, 3.05) is 10.6 Å². The molecule has 0 spiro atoms. The van der Waals surface area contributed by atoms with Crippen molar-refractivity contribution in [2.24, 2.45) is 0 Å². The van der Waals surface area contributed by atoms with Gasteiger partial charge in [-0.15, -0.1) is 23.1 Å². The van der Waals surface area contributed by atoms with Crippen molar-refractivity contribution in [1.82, 2.24) is 15.3 Å². The van der Waals surface area contributed by atoms with E-state index in [1.54, 1.807) is 42.6 Å². The molecule has 262 valence electrons. The van der Waals surface area contributed by atoms with Gasteiger partial charge in [0.25, 0.3) is 11.8 Å². The van der Waals surface area contributed by atoms with Crippen LogP contribution in [0.25, 0.3) is 28.2 Å². The van der Waals surface area contributed by atoms with Gasteiger partial charge < -0.3 is 20.9 Å². The number of H-pyrrole nitrogens is 1. The van der Waals surface area contributed by atoms with Gasteiger partial charge in [0.2, 0.25) is 5.91 Å². The molecule has 1 atom stereocenters. The van der Waals surface area contributed by atoms with Crippen LogP contribution in [0.3, 0.4) is 0 Å². The van der Waals surface area contributed by atoms with Crippen LogP contribution in [-0.4, -0.2) is 27.7 Å². The molecule has 7 rings (SSSR count). The maximum absolute atomic E-state index is 14.0. The third-order valence-electron chi connectivity index (χ3n) is 8.49. The minimum atomic E-state index is -0.614. The highest BCUT2D eigenvalue weighted by Crippen LogP contribution is 2.38. The summed E-state index contributed by atoms with van der Waals surface area (Å²) in [7, 11) is 0. The number of thiazole rings is 1. The molecule has 2 heterocycles. The molecular weight excluding hydrogens is 699 g/mol. The summed E-state index contributed by atoms with van der Waals surface area (Å²) < 4.78 is 0. The topological polar surface area (TPSA) is 116 Å². The summed E-state index contributed by atoms with van der Waals surface area (Å²) in [5.74, 6) is -1.12. The minimum absolute atomic E-state index is 0.0759. The lowest BCUT2D eigenvalue weighted by molar-refractivity contribution is -0.116. The number of nitrogens with one attached hydrogen (secondary N) is 4. The van der Waals surface area contributed by atoms with Crippen LogP contribution in [0.15, 0.2) is 150 Å². The normalized spacial score (nSPS) is 11.9. The van der Waals surface area contributed by atoms with E-state index in [1.807, 2.05) is 117 Å². The Balaban J connectivity index is 1.12. The van der Waals surface area contributed by atoms with E-state index in [-0.39, 0.29) is 11.6 Å². The number of benzene rings is 5. The van der Waals surface area contributed by atoms with E-state index in [0.29, 0.717) is 16.4 Å². The summed E-state index contributed by atoms with van der Waals surface area (Å²) in [6.07, 6.45) is 3.46. The number of aromatic nitrogens is 2. The first-order valence-corrected chi connectivity index (χ1v) is 18.6. The molecule has 0 aliphatic heterocycles. The molecule has 0 saturated carbocycles. The van der Waals surface area contributed by atoms with Crippen LogP contribution in [0.1, 0.15) is 37.2 Å². The largest absolute Gasteiger partial charge is 0.361 e. The van der Waals surface area contributed by atoms with E-state index in [4.69, 9.17) is 4.98 Å². The third kappa shape index (κ3) is 8.47. The summed E-state index contributed by atoms with van der Waals surface area (Å²) in [5, 5.41) is 9.65. The highest BCUT2D eigenvalue weighted by molar-refractivity contribution is 8.00. The number of nitrogens with zero attached hydrogens (tertiary/aromatic N) is 1. The maximum Gasteiger partial charge on any atom is 0.272 e. The highest BCUT2D eigenvalue weighted by Gasteiger charge is 2.24. The summed E-state index contributed by atoms with van der Waals surface area (Å²) in [6.45, 7) is 4.04. The van der Waals surface area contributed by atoms with Crippen LogP contribution in [0.5, 0.6) is 0 Å². The van der Waals surface area contributed by atoms with Gasteiger partial charge in [0.15, 0.2) is 5.13 Å². The van der Waals surface area contributed by atoms with E-state index in [1.165, 1.54) is 28.7 Å². The lowest BCUT2D eigenvalue weighted by atomic mass is 10.1. The van der Waals surface area contributed by atoms with E-state index < -0.39 is 17.1 Å². The summed E-state index contributed by atoms with van der Waals surface area (Å²) in [6, 6.07) is 41.5. The molecule has 8 nitrogen and oxygen atoms in total. The molecule has 0 fully saturated rings. The summed E-state index contributed by atoms with van der Waals surface area (Å²) in [5.41, 5.74) is 6.49. The zero-order valence-electron chi connectivity index (χ0n) is 28.9. The molecular formula is C43H35N5O3S2. The fourth-order valence-electron chi connectivity index (χ4n) is 5.79. The van der Waals surface area contributed by atoms with Crippen LogP contribution in [0.4, 0.5) is 10.8 Å². The fraction of sp³-hybridized carbons (Fsp3) is 0.0698. The lowest BCUT2D eigenvalue weighted by Gasteiger charge is -2.17. The number of fused-ring (bicyclic) bond motifs is 1. The monoisotopic (exact) mass is 733 g/mol. The minimum Gasteiger partial charge on any atom is -0.361 e. The fourth-order valence-corrected chi connectivity index (χ4v) is 7.72. The van der Waals surface area contributed by atoms with Crippen molar-refractivity contribution in [2.45, 2.75) is 24.0 Å². The molecule has 1 unspecified atom stereocenters. The molecule has 7 aromatic rings. The number of rotatable bonds is 11. The predicted molar refractivity (Wildman–Crippen MR) is 216 cm³/mol. The Labute approximate surface area is 315 Å². The van der Waals surface area contributed by atoms with E-state index >= 15 is 0 Å². The van der Waals surface area contributed by atoms with Gasteiger partial charge in [-0.1, -0.05) is 103 Å². The molecule has 4 N–H and O–H groups in total. The zero-order chi connectivity index (χ0) is 36.7. The van der Waals surface area contributed by atoms with Crippen LogP contribution in [0.2, 0.25) is 0 Å². The highest BCUT2D eigenvalue weighted by atomic mass is 32.2. The quantitative estimate of drug-likeness (QED) is 0.0781. The van der Waals surface area contributed by atoms with E-state index in [9.17, 15) is 14.4 Å². The zero-order valence-corrected chi connectivity index (χ0v) is 30.6. The molecule has 0 aliphatic rings. The van der Waals surface area contributed by atoms with Crippen molar-refractivity contribution < 1.29 is 14.4 Å². The SMILES string of the molecule is Cc1ccc(-c2nc(NC(=O)C(Sc3cccc(NC(=O)/C(=C/c4c[nH]c5ccccc45)NC(=O)c4ccccc4)c3)c3ccccc3)sc2C)cc1. The number of carbonyl (C=O) groups is 3. The second-order valence-electron chi connectivity index (χ2n) is 12.3. The number of anilines is 2. The first-order valence-electron chi connectivity index (χ1n) is 16.9. The second kappa shape index (κ2) is 16.0. The number of amides is 3. The van der Waals surface area contributed by atoms with Crippen LogP contribution in [-0.2, 0) is 9.59 Å². The van der Waals surface area contributed by atoms with Crippen molar-refractivity contribution in [3.8, 4) is 11.3 Å². The molecule has 53 heavy (non-hydrogen) atoms. The molecule has 5 aromatic carbocycles. The summed E-state index contributed by atoms with van der Waals surface area (Å²) in [4.78, 5) is 50.8. The molecule has 0 saturated heterocycles. The number of aromatic amines is 1. The van der Waals surface area contributed by atoms with Crippen LogP contribution in [0, 0.1) is 13.8 Å². The van der Waals surface area contributed by atoms with Gasteiger partial charge in [-0.2, -0.15) is 0 Å². The number of hydrogen-bond donors (Lipinski definition) is 4. The first-order chi connectivity index (χ1) is 25.8. The van der Waals surface area contributed by atoms with Gasteiger partial charge in [-0.05, 0) is 61.9 Å². The van der Waals surface area contributed by atoms with E-state index in [2.05, 4.69) is 20.9 Å². The van der Waals surface area contributed by atoms with Crippen molar-refractivity contribution in [1.29, 1.82) is 0 Å². The van der Waals surface area contributed by atoms with Gasteiger partial charge in [0, 0.05) is 49.3 Å². The average Bonchev–Trinajstić information content (AvgIpc) is 3.76. The van der Waals surface area contributed by atoms with Crippen molar-refractivity contribution in [3.63, 3.8) is 0 Å². The van der Waals surface area contributed by atoms with Crippen LogP contribution < -0.4 is 16.0 Å². The van der Waals surface area contributed by atoms with E-state index in [0.717, 1.165) is 43.1 Å². The van der Waals surface area contributed by atoms with Crippen molar-refractivity contribution >= 4 is 68.6 Å². The maximum atomic E-state index is 14.0. The Morgan fingerprint density at radius 3 is 2.28 bits per heavy atom. The number of hydrogen-bond acceptors (Lipinski definition) is 6. The Morgan fingerprint density at radius 2 is 1.51 bits per heavy atom. The smallest absolute Gasteiger partial charge is 0.272 e. The molecule has 0 bridgehead atoms. The van der Waals surface area contributed by atoms with Crippen molar-refractivity contribution in [3.05, 3.63) is 172 Å². The first kappa shape index (κ1) is 35.2. The van der Waals surface area contributed by atoms with Gasteiger partial charge in [-0.3, -0.25) is 14.4 Å². The molecule has 0 aliphatic carbocycles. The Morgan fingerprint density at radius 1 is 0.792 bits per heavy atom. The standard InChI is InChI=1S/C43H35N5O3S2/c1-27-20-22-29(23-21-27)38-28(2)52-43(47-38)48-42(51)39(30-12-5-3-6-13-30)53-34-17-11-16-33(25-34)45-41(50)37(46-40(49)31-14-7-4-8-15-31)24-32-26-44-36-19-10-9-18-35(32)36/h3-26,39,44H,1-2H3,(H,45,50)(H,46,49)(H,47,48,51)/b37-24-. The summed E-state index contributed by atoms with van der Waals surface area (Å²) >= 11 is 2.81. The third-order valence-corrected chi connectivity index (χ3v) is 10.6. The Bertz CT molecular complexity index is 2440. The van der Waals surface area contributed by atoms with Gasteiger partial charge in [-0.25, -0.2) is 4.98 Å². The van der Waals surface area contributed by atoms with Gasteiger partial charge in [0.1, 0.15) is 10.9 Å². The van der Waals surface area contributed by atoms with Gasteiger partial charge >= 0.3 is 0 Å². The Kier molecular flexibility index (Phi) is 10.6. The number of aryl methyl sites for hydroxylation is 2. The number of para-hydroxylation sites is 1. The molecule has 10 heteroatoms. The van der Waals surface area contributed by atoms with Crippen LogP contribution >= 0.6 is 23.1 Å². The number of thioether (sulfide) groups is 1. The number of carbonyl (C=O) groups excluding carboxylic acids is 3. The molecule has 2 aromatic heterocycles. The average molecular weight is 734 g/mol. The molecule has 0 radical (unpaired) electrons. The lowest BCUT2D eigenvalue weighted by Crippen LogP contribution is -2.30. The van der Waals surface area contributed by atoms with Gasteiger partial charge in [0.05, 0.1) is 5.69 Å². The molecule has 3 amide bonds.